The highest BCUT2D eigenvalue weighted by Crippen LogP contribution is 1.90. The van der Waals surface area contributed by atoms with Crippen LogP contribution in [0.5, 0.6) is 0 Å². The van der Waals surface area contributed by atoms with Crippen molar-refractivity contribution in [3.8, 4) is 0 Å². The number of nitrogens with zero attached hydrogens (tertiary/aromatic N) is 1. The summed E-state index contributed by atoms with van der Waals surface area (Å²) in [6, 6.07) is 0. The first-order valence-electron chi connectivity index (χ1n) is 4.79. The van der Waals surface area contributed by atoms with Gasteiger partial charge in [-0.05, 0) is 5.92 Å². The normalized spacial score (nSPS) is 12.4. The molecular weight excluding hydrogens is 343 g/mol. The predicted molar refractivity (Wildman–Crippen MR) is 77.6 cm³/mol. The van der Waals surface area contributed by atoms with Gasteiger partial charge in [0.1, 0.15) is 0 Å². The minimum Gasteiger partial charge on any atom is -0.370 e. The summed E-state index contributed by atoms with van der Waals surface area (Å²) < 4.78 is 23.7. The van der Waals surface area contributed by atoms with E-state index in [4.69, 9.17) is 5.73 Å². The molecule has 0 saturated carbocycles. The molecule has 0 heterocycles. The van der Waals surface area contributed by atoms with Crippen LogP contribution in [0, 0.1) is 5.92 Å². The molecule has 0 spiro atoms. The molecule has 0 rings (SSSR count). The van der Waals surface area contributed by atoms with Gasteiger partial charge in [-0.3, -0.25) is 4.99 Å². The molecule has 98 valence electrons. The zero-order valence-electron chi connectivity index (χ0n) is 9.86. The molecule has 4 N–H and O–H groups in total. The molecule has 6 nitrogen and oxygen atoms in total. The van der Waals surface area contributed by atoms with E-state index in [9.17, 15) is 8.42 Å². The monoisotopic (exact) mass is 364 g/mol. The Balaban J connectivity index is 0. The number of hydrogen-bond donors (Lipinski definition) is 3. The van der Waals surface area contributed by atoms with Crippen LogP contribution in [0.1, 0.15) is 13.8 Å². The fourth-order valence-electron chi connectivity index (χ4n) is 0.764. The maximum atomic E-state index is 10.7. The fraction of sp³-hybridized carbons (Fsp3) is 0.875. The van der Waals surface area contributed by atoms with E-state index < -0.39 is 10.0 Å². The third-order valence-electron chi connectivity index (χ3n) is 1.42. The minimum absolute atomic E-state index is 0. The third-order valence-corrected chi connectivity index (χ3v) is 2.15. The van der Waals surface area contributed by atoms with Gasteiger partial charge >= 0.3 is 0 Å². The highest BCUT2D eigenvalue weighted by atomic mass is 127. The van der Waals surface area contributed by atoms with E-state index in [1.54, 1.807) is 0 Å². The number of sulfonamides is 1. The molecule has 0 fully saturated rings. The highest BCUT2D eigenvalue weighted by Gasteiger charge is 1.98. The van der Waals surface area contributed by atoms with Crippen molar-refractivity contribution >= 4 is 40.0 Å². The first kappa shape index (κ1) is 18.3. The lowest BCUT2D eigenvalue weighted by atomic mass is 10.2. The topological polar surface area (TPSA) is 96.6 Å². The molecule has 0 aromatic rings. The van der Waals surface area contributed by atoms with Gasteiger partial charge in [-0.2, -0.15) is 0 Å². The molecule has 0 aromatic heterocycles. The van der Waals surface area contributed by atoms with Gasteiger partial charge < -0.3 is 11.1 Å². The second-order valence-corrected chi connectivity index (χ2v) is 5.55. The molecule has 8 heteroatoms. The first-order valence-corrected chi connectivity index (χ1v) is 6.69. The quantitative estimate of drug-likeness (QED) is 0.261. The van der Waals surface area contributed by atoms with Gasteiger partial charge in [0.15, 0.2) is 5.96 Å². The maximum absolute atomic E-state index is 10.7. The van der Waals surface area contributed by atoms with Crippen molar-refractivity contribution in [2.45, 2.75) is 13.8 Å². The third kappa shape index (κ3) is 13.9. The highest BCUT2D eigenvalue weighted by molar-refractivity contribution is 14.0. The lowest BCUT2D eigenvalue weighted by molar-refractivity contribution is 0.587. The lowest BCUT2D eigenvalue weighted by Gasteiger charge is -2.06. The van der Waals surface area contributed by atoms with Gasteiger partial charge in [0.2, 0.25) is 10.0 Å². The molecule has 0 bridgehead atoms. The summed E-state index contributed by atoms with van der Waals surface area (Å²) >= 11 is 0. The number of rotatable bonds is 6. The van der Waals surface area contributed by atoms with Gasteiger partial charge in [-0.25, -0.2) is 13.1 Å². The first-order chi connectivity index (χ1) is 6.81. The van der Waals surface area contributed by atoms with Crippen molar-refractivity contribution in [1.82, 2.24) is 10.0 Å². The van der Waals surface area contributed by atoms with E-state index in [0.717, 1.165) is 6.26 Å². The molecule has 0 aromatic carbocycles. The summed E-state index contributed by atoms with van der Waals surface area (Å²) in [5, 5.41) is 2.81. The Kier molecular flexibility index (Phi) is 10.3. The van der Waals surface area contributed by atoms with Crippen molar-refractivity contribution in [3.05, 3.63) is 0 Å². The van der Waals surface area contributed by atoms with Crippen LogP contribution >= 0.6 is 24.0 Å². The minimum atomic E-state index is -3.12. The van der Waals surface area contributed by atoms with E-state index >= 15 is 0 Å². The zero-order chi connectivity index (χ0) is 11.9. The van der Waals surface area contributed by atoms with Gasteiger partial charge in [0, 0.05) is 19.6 Å². The van der Waals surface area contributed by atoms with Crippen molar-refractivity contribution in [2.75, 3.05) is 25.9 Å². The molecule has 16 heavy (non-hydrogen) atoms. The van der Waals surface area contributed by atoms with Gasteiger partial charge in [-0.1, -0.05) is 13.8 Å². The molecule has 0 aliphatic carbocycles. The second-order valence-electron chi connectivity index (χ2n) is 3.71. The van der Waals surface area contributed by atoms with Crippen LogP contribution in [0.4, 0.5) is 0 Å². The van der Waals surface area contributed by atoms with E-state index in [0.29, 0.717) is 31.5 Å². The lowest BCUT2D eigenvalue weighted by Crippen LogP contribution is -2.38. The molecule has 0 unspecified atom stereocenters. The number of halogens is 1. The van der Waals surface area contributed by atoms with E-state index in [1.165, 1.54) is 0 Å². The molecule has 0 amide bonds. The number of hydrogen-bond acceptors (Lipinski definition) is 3. The standard InChI is InChI=1S/C8H20N4O2S.HI/c1-7(2)6-11-8(9)10-4-5-12-15(3,13)14;/h7,12H,4-6H2,1-3H3,(H3,9,10,11);1H. The number of nitrogens with two attached hydrogens (primary N) is 1. The Morgan fingerprint density at radius 1 is 1.38 bits per heavy atom. The summed E-state index contributed by atoms with van der Waals surface area (Å²) in [5.41, 5.74) is 5.53. The maximum Gasteiger partial charge on any atom is 0.208 e. The average molecular weight is 364 g/mol. The molecule has 0 aliphatic rings. The van der Waals surface area contributed by atoms with Crippen LogP contribution in [0.15, 0.2) is 4.99 Å². The van der Waals surface area contributed by atoms with Crippen LogP contribution in [-0.4, -0.2) is 40.3 Å². The SMILES string of the molecule is CC(C)CN=C(N)NCCNS(C)(=O)=O.I. The average Bonchev–Trinajstić information content (AvgIpc) is 2.07. The largest absolute Gasteiger partial charge is 0.370 e. The van der Waals surface area contributed by atoms with Gasteiger partial charge in [0.25, 0.3) is 0 Å². The van der Waals surface area contributed by atoms with Crippen LogP contribution in [-0.2, 0) is 10.0 Å². The number of guanidine groups is 1. The predicted octanol–water partition coefficient (Wildman–Crippen LogP) is -0.286. The number of aliphatic imine (C=N–C) groups is 1. The Hall–Kier alpha value is -0.0900. The van der Waals surface area contributed by atoms with Crippen LogP contribution in [0.25, 0.3) is 0 Å². The summed E-state index contributed by atoms with van der Waals surface area (Å²) in [6.45, 7) is 5.49. The van der Waals surface area contributed by atoms with Crippen molar-refractivity contribution in [3.63, 3.8) is 0 Å². The Labute approximate surface area is 115 Å². The van der Waals surface area contributed by atoms with E-state index in [2.05, 4.69) is 15.0 Å². The van der Waals surface area contributed by atoms with Crippen LogP contribution < -0.4 is 15.8 Å². The molecule has 0 radical (unpaired) electrons. The second kappa shape index (κ2) is 8.99. The fourth-order valence-corrected chi connectivity index (χ4v) is 1.24. The van der Waals surface area contributed by atoms with Crippen molar-refractivity contribution in [2.24, 2.45) is 16.6 Å². The van der Waals surface area contributed by atoms with E-state index in [1.807, 2.05) is 13.8 Å². The molecule has 0 atom stereocenters. The Bertz CT molecular complexity index is 303. The van der Waals surface area contributed by atoms with Crippen LogP contribution in [0.3, 0.4) is 0 Å². The zero-order valence-corrected chi connectivity index (χ0v) is 13.0. The molecular formula is C8H21IN4O2S. The van der Waals surface area contributed by atoms with Crippen LogP contribution in [0.2, 0.25) is 0 Å². The molecule has 0 saturated heterocycles. The summed E-state index contributed by atoms with van der Waals surface area (Å²) in [6.07, 6.45) is 1.11. The smallest absolute Gasteiger partial charge is 0.208 e. The van der Waals surface area contributed by atoms with Gasteiger partial charge in [0.05, 0.1) is 6.26 Å². The van der Waals surface area contributed by atoms with Gasteiger partial charge in [-0.15, -0.1) is 24.0 Å². The summed E-state index contributed by atoms with van der Waals surface area (Å²) in [5.74, 6) is 0.804. The summed E-state index contributed by atoms with van der Waals surface area (Å²) in [7, 11) is -3.12. The Morgan fingerprint density at radius 3 is 2.38 bits per heavy atom. The Morgan fingerprint density at radius 2 is 1.94 bits per heavy atom. The van der Waals surface area contributed by atoms with E-state index in [-0.39, 0.29) is 24.0 Å². The summed E-state index contributed by atoms with van der Waals surface area (Å²) in [4.78, 5) is 4.06. The van der Waals surface area contributed by atoms with Crippen molar-refractivity contribution in [1.29, 1.82) is 0 Å². The van der Waals surface area contributed by atoms with Crippen molar-refractivity contribution < 1.29 is 8.42 Å². The number of nitrogens with one attached hydrogen (secondary N) is 2. The molecule has 0 aliphatic heterocycles.